The number of piperazine rings is 1. The molecule has 7 nitrogen and oxygen atoms in total. The van der Waals surface area contributed by atoms with Crippen LogP contribution in [-0.4, -0.2) is 51.9 Å². The van der Waals surface area contributed by atoms with Gasteiger partial charge >= 0.3 is 0 Å². The van der Waals surface area contributed by atoms with E-state index in [1.54, 1.807) is 29.4 Å². The smallest absolute Gasteiger partial charge is 0.274 e. The summed E-state index contributed by atoms with van der Waals surface area (Å²) in [4.78, 5) is 28.4. The van der Waals surface area contributed by atoms with Crippen molar-refractivity contribution in [2.45, 2.75) is 0 Å². The van der Waals surface area contributed by atoms with Gasteiger partial charge in [-0.2, -0.15) is 5.26 Å². The van der Waals surface area contributed by atoms with Crippen molar-refractivity contribution in [3.63, 3.8) is 0 Å². The molecule has 2 aromatic rings. The molecular formula is C15H14N6O. The summed E-state index contributed by atoms with van der Waals surface area (Å²) in [7, 11) is 0. The number of carbonyl (C=O) groups excluding carboxylic acids is 1. The first-order valence-electron chi connectivity index (χ1n) is 6.94. The first kappa shape index (κ1) is 13.9. The van der Waals surface area contributed by atoms with Crippen LogP contribution in [0.2, 0.25) is 0 Å². The summed E-state index contributed by atoms with van der Waals surface area (Å²) >= 11 is 0. The van der Waals surface area contributed by atoms with E-state index in [-0.39, 0.29) is 5.91 Å². The molecule has 1 aliphatic heterocycles. The van der Waals surface area contributed by atoms with Gasteiger partial charge in [0, 0.05) is 44.8 Å². The minimum atomic E-state index is -0.105. The Hall–Kier alpha value is -3.01. The minimum absolute atomic E-state index is 0.105. The number of hydrogen-bond donors (Lipinski definition) is 0. The van der Waals surface area contributed by atoms with Crippen molar-refractivity contribution in [3.05, 3.63) is 48.2 Å². The molecule has 0 bridgehead atoms. The molecule has 0 saturated carbocycles. The van der Waals surface area contributed by atoms with Gasteiger partial charge in [0.2, 0.25) is 0 Å². The zero-order chi connectivity index (χ0) is 15.4. The maximum atomic E-state index is 12.3. The highest BCUT2D eigenvalue weighted by atomic mass is 16.2. The first-order valence-corrected chi connectivity index (χ1v) is 6.94. The fourth-order valence-corrected chi connectivity index (χ4v) is 2.37. The maximum Gasteiger partial charge on any atom is 0.274 e. The third-order valence-corrected chi connectivity index (χ3v) is 3.55. The van der Waals surface area contributed by atoms with Gasteiger partial charge < -0.3 is 9.80 Å². The van der Waals surface area contributed by atoms with E-state index in [1.807, 2.05) is 0 Å². The number of pyridine rings is 1. The van der Waals surface area contributed by atoms with Crippen molar-refractivity contribution in [2.24, 2.45) is 0 Å². The van der Waals surface area contributed by atoms with Crippen LogP contribution in [0, 0.1) is 11.3 Å². The largest absolute Gasteiger partial charge is 0.353 e. The van der Waals surface area contributed by atoms with Crippen LogP contribution in [0.3, 0.4) is 0 Å². The van der Waals surface area contributed by atoms with Gasteiger partial charge in [-0.25, -0.2) is 9.97 Å². The molecule has 1 amide bonds. The topological polar surface area (TPSA) is 86.0 Å². The molecule has 3 rings (SSSR count). The lowest BCUT2D eigenvalue weighted by Crippen LogP contribution is -2.49. The molecule has 0 N–H and O–H groups in total. The monoisotopic (exact) mass is 294 g/mol. The Labute approximate surface area is 127 Å². The fraction of sp³-hybridized carbons (Fsp3) is 0.267. The number of anilines is 1. The van der Waals surface area contributed by atoms with Gasteiger partial charge in [-0.15, -0.1) is 0 Å². The Kier molecular flexibility index (Phi) is 3.92. The lowest BCUT2D eigenvalue weighted by Gasteiger charge is -2.35. The predicted octanol–water partition coefficient (Wildman–Crippen LogP) is 0.706. The SMILES string of the molecule is N#Cc1ccnc(N2CCN(C(=O)c3cnccn3)CC2)c1. The average molecular weight is 294 g/mol. The summed E-state index contributed by atoms with van der Waals surface area (Å²) in [5, 5.41) is 8.94. The quantitative estimate of drug-likeness (QED) is 0.810. The van der Waals surface area contributed by atoms with Crippen molar-refractivity contribution < 1.29 is 4.79 Å². The summed E-state index contributed by atoms with van der Waals surface area (Å²) in [6.07, 6.45) is 6.17. The van der Waals surface area contributed by atoms with Gasteiger partial charge in [0.25, 0.3) is 5.91 Å². The molecule has 110 valence electrons. The molecule has 1 aliphatic rings. The summed E-state index contributed by atoms with van der Waals surface area (Å²) in [6, 6.07) is 5.55. The molecule has 1 fully saturated rings. The number of nitriles is 1. The number of amides is 1. The third kappa shape index (κ3) is 2.86. The molecule has 0 aromatic carbocycles. The van der Waals surface area contributed by atoms with Gasteiger partial charge in [0.05, 0.1) is 17.8 Å². The number of nitrogens with zero attached hydrogens (tertiary/aromatic N) is 6. The summed E-state index contributed by atoms with van der Waals surface area (Å²) < 4.78 is 0. The van der Waals surface area contributed by atoms with E-state index in [1.165, 1.54) is 12.4 Å². The fourth-order valence-electron chi connectivity index (χ4n) is 2.37. The first-order chi connectivity index (χ1) is 10.8. The highest BCUT2D eigenvalue weighted by Gasteiger charge is 2.23. The third-order valence-electron chi connectivity index (χ3n) is 3.55. The zero-order valence-electron chi connectivity index (χ0n) is 11.9. The van der Waals surface area contributed by atoms with E-state index in [0.29, 0.717) is 37.4 Å². The second kappa shape index (κ2) is 6.18. The summed E-state index contributed by atoms with van der Waals surface area (Å²) in [5.74, 6) is 0.664. The summed E-state index contributed by atoms with van der Waals surface area (Å²) in [6.45, 7) is 2.53. The van der Waals surface area contributed by atoms with E-state index in [0.717, 1.165) is 5.82 Å². The molecular weight excluding hydrogens is 280 g/mol. The van der Waals surface area contributed by atoms with E-state index in [9.17, 15) is 4.79 Å². The highest BCUT2D eigenvalue weighted by Crippen LogP contribution is 2.15. The second-order valence-corrected chi connectivity index (χ2v) is 4.88. The normalized spacial score (nSPS) is 14.5. The van der Waals surface area contributed by atoms with Gasteiger partial charge in [-0.1, -0.05) is 0 Å². The lowest BCUT2D eigenvalue weighted by molar-refractivity contribution is 0.0740. The van der Waals surface area contributed by atoms with E-state index in [2.05, 4.69) is 25.9 Å². The Bertz CT molecular complexity index is 703. The molecule has 2 aromatic heterocycles. The van der Waals surface area contributed by atoms with Crippen LogP contribution in [0.15, 0.2) is 36.9 Å². The van der Waals surface area contributed by atoms with Crippen LogP contribution in [0.5, 0.6) is 0 Å². The van der Waals surface area contributed by atoms with Gasteiger partial charge in [0.1, 0.15) is 11.5 Å². The summed E-state index contributed by atoms with van der Waals surface area (Å²) in [5.41, 5.74) is 0.948. The predicted molar refractivity (Wildman–Crippen MR) is 79.1 cm³/mol. The minimum Gasteiger partial charge on any atom is -0.353 e. The Morgan fingerprint density at radius 1 is 1.14 bits per heavy atom. The van der Waals surface area contributed by atoms with Gasteiger partial charge in [-0.3, -0.25) is 9.78 Å². The van der Waals surface area contributed by atoms with E-state index in [4.69, 9.17) is 5.26 Å². The van der Waals surface area contributed by atoms with Crippen molar-refractivity contribution >= 4 is 11.7 Å². The van der Waals surface area contributed by atoms with Crippen LogP contribution in [0.1, 0.15) is 16.1 Å². The average Bonchev–Trinajstić information content (AvgIpc) is 2.62. The molecule has 0 atom stereocenters. The van der Waals surface area contributed by atoms with Crippen LogP contribution < -0.4 is 4.90 Å². The van der Waals surface area contributed by atoms with Crippen LogP contribution in [-0.2, 0) is 0 Å². The van der Waals surface area contributed by atoms with Crippen molar-refractivity contribution in [3.8, 4) is 6.07 Å². The Morgan fingerprint density at radius 2 is 1.95 bits per heavy atom. The van der Waals surface area contributed by atoms with Crippen LogP contribution in [0.25, 0.3) is 0 Å². The maximum absolute atomic E-state index is 12.3. The number of aromatic nitrogens is 3. The Morgan fingerprint density at radius 3 is 2.64 bits per heavy atom. The number of carbonyl (C=O) groups is 1. The van der Waals surface area contributed by atoms with Crippen LogP contribution in [0.4, 0.5) is 5.82 Å². The molecule has 22 heavy (non-hydrogen) atoms. The lowest BCUT2D eigenvalue weighted by atomic mass is 10.2. The standard InChI is InChI=1S/C15H14N6O/c16-10-12-1-2-19-14(9-12)20-5-7-21(8-6-20)15(22)13-11-17-3-4-18-13/h1-4,9,11H,5-8H2. The van der Waals surface area contributed by atoms with Gasteiger partial charge in [0.15, 0.2) is 0 Å². The molecule has 7 heteroatoms. The molecule has 0 radical (unpaired) electrons. The molecule has 0 unspecified atom stereocenters. The molecule has 0 spiro atoms. The van der Waals surface area contributed by atoms with Crippen molar-refractivity contribution in [2.75, 3.05) is 31.1 Å². The second-order valence-electron chi connectivity index (χ2n) is 4.88. The highest BCUT2D eigenvalue weighted by molar-refractivity contribution is 5.92. The van der Waals surface area contributed by atoms with Crippen molar-refractivity contribution in [1.29, 1.82) is 5.26 Å². The molecule has 0 aliphatic carbocycles. The van der Waals surface area contributed by atoms with Crippen LogP contribution >= 0.6 is 0 Å². The molecule has 1 saturated heterocycles. The van der Waals surface area contributed by atoms with Crippen molar-refractivity contribution in [1.82, 2.24) is 19.9 Å². The Balaban J connectivity index is 1.65. The van der Waals surface area contributed by atoms with E-state index >= 15 is 0 Å². The number of rotatable bonds is 2. The van der Waals surface area contributed by atoms with Gasteiger partial charge in [-0.05, 0) is 12.1 Å². The number of hydrogen-bond acceptors (Lipinski definition) is 6. The zero-order valence-corrected chi connectivity index (χ0v) is 11.9. The van der Waals surface area contributed by atoms with E-state index < -0.39 is 0 Å². The molecule has 3 heterocycles.